The Labute approximate surface area is 177 Å². The van der Waals surface area contributed by atoms with E-state index in [0.717, 1.165) is 48.4 Å². The van der Waals surface area contributed by atoms with E-state index in [-0.39, 0.29) is 5.41 Å². The molecular formula is C26H37NO2. The number of aryl methyl sites for hydroxylation is 1. The van der Waals surface area contributed by atoms with Gasteiger partial charge in [-0.25, -0.2) is 0 Å². The zero-order valence-corrected chi connectivity index (χ0v) is 19.2. The second kappa shape index (κ2) is 9.47. The number of likely N-dealkylation sites (N-methyl/N-ethyl adjacent to an activating group) is 1. The van der Waals surface area contributed by atoms with Crippen LogP contribution in [-0.4, -0.2) is 26.0 Å². The van der Waals surface area contributed by atoms with E-state index < -0.39 is 0 Å². The van der Waals surface area contributed by atoms with E-state index in [1.165, 1.54) is 5.56 Å². The predicted octanol–water partition coefficient (Wildman–Crippen LogP) is 6.43. The second-order valence-corrected chi connectivity index (χ2v) is 9.73. The Kier molecular flexibility index (Phi) is 7.51. The highest BCUT2D eigenvalue weighted by Crippen LogP contribution is 2.36. The zero-order valence-electron chi connectivity index (χ0n) is 19.2. The molecule has 0 unspecified atom stereocenters. The highest BCUT2D eigenvalue weighted by Gasteiger charge is 2.27. The topological polar surface area (TPSA) is 29.5 Å². The molecule has 0 aliphatic carbocycles. The first kappa shape index (κ1) is 23.0. The van der Waals surface area contributed by atoms with Gasteiger partial charge in [-0.3, -0.25) is 4.79 Å². The van der Waals surface area contributed by atoms with E-state index in [1.807, 2.05) is 19.1 Å². The predicted molar refractivity (Wildman–Crippen MR) is 123 cm³/mol. The molecule has 29 heavy (non-hydrogen) atoms. The summed E-state index contributed by atoms with van der Waals surface area (Å²) in [6.45, 7) is 17.9. The summed E-state index contributed by atoms with van der Waals surface area (Å²) in [4.78, 5) is 13.3. The van der Waals surface area contributed by atoms with Gasteiger partial charge < -0.3 is 9.64 Å². The van der Waals surface area contributed by atoms with E-state index in [1.54, 1.807) is 0 Å². The highest BCUT2D eigenvalue weighted by molar-refractivity contribution is 5.78. The van der Waals surface area contributed by atoms with Gasteiger partial charge in [-0.1, -0.05) is 46.8 Å². The SMILES string of the molecule is CCN(CCOc1ccc(C(C)(C)CC(C)(C)C)cc1)c1ccc(C=O)c(C)c1. The van der Waals surface area contributed by atoms with E-state index in [0.29, 0.717) is 12.0 Å². The van der Waals surface area contributed by atoms with Crippen LogP contribution in [0.5, 0.6) is 5.75 Å². The molecule has 2 aromatic rings. The normalized spacial score (nSPS) is 12.0. The molecule has 0 saturated heterocycles. The molecule has 0 fully saturated rings. The quantitative estimate of drug-likeness (QED) is 0.458. The van der Waals surface area contributed by atoms with Gasteiger partial charge >= 0.3 is 0 Å². The Hall–Kier alpha value is -2.29. The van der Waals surface area contributed by atoms with Gasteiger partial charge in [-0.2, -0.15) is 0 Å². The van der Waals surface area contributed by atoms with Gasteiger partial charge in [0.25, 0.3) is 0 Å². The maximum atomic E-state index is 11.0. The summed E-state index contributed by atoms with van der Waals surface area (Å²) in [6.07, 6.45) is 2.04. The van der Waals surface area contributed by atoms with Crippen molar-refractivity contribution in [3.63, 3.8) is 0 Å². The number of hydrogen-bond donors (Lipinski definition) is 0. The molecule has 0 radical (unpaired) electrons. The number of nitrogens with zero attached hydrogens (tertiary/aromatic N) is 1. The third-order valence-corrected chi connectivity index (χ3v) is 5.37. The van der Waals surface area contributed by atoms with Gasteiger partial charge in [0.15, 0.2) is 0 Å². The first-order valence-corrected chi connectivity index (χ1v) is 10.6. The van der Waals surface area contributed by atoms with Crippen molar-refractivity contribution in [3.05, 3.63) is 59.2 Å². The molecule has 158 valence electrons. The van der Waals surface area contributed by atoms with Crippen LogP contribution in [0.25, 0.3) is 0 Å². The number of ether oxygens (including phenoxy) is 1. The summed E-state index contributed by atoms with van der Waals surface area (Å²) < 4.78 is 6.01. The van der Waals surface area contributed by atoms with Crippen LogP contribution in [-0.2, 0) is 5.41 Å². The Morgan fingerprint density at radius 3 is 2.17 bits per heavy atom. The van der Waals surface area contributed by atoms with Crippen molar-refractivity contribution < 1.29 is 9.53 Å². The number of rotatable bonds is 9. The zero-order chi connectivity index (χ0) is 21.7. The molecule has 0 aliphatic rings. The third kappa shape index (κ3) is 6.62. The van der Waals surface area contributed by atoms with E-state index in [4.69, 9.17) is 4.74 Å². The molecule has 3 heteroatoms. The lowest BCUT2D eigenvalue weighted by Gasteiger charge is -2.33. The summed E-state index contributed by atoms with van der Waals surface area (Å²) in [6, 6.07) is 14.5. The summed E-state index contributed by atoms with van der Waals surface area (Å²) in [5.41, 5.74) is 4.66. The Morgan fingerprint density at radius 2 is 1.66 bits per heavy atom. The van der Waals surface area contributed by atoms with Gasteiger partial charge in [0.1, 0.15) is 18.6 Å². The molecule has 0 amide bonds. The van der Waals surface area contributed by atoms with Crippen LogP contribution in [0.2, 0.25) is 0 Å². The fraction of sp³-hybridized carbons (Fsp3) is 0.500. The maximum Gasteiger partial charge on any atom is 0.150 e. The molecule has 0 atom stereocenters. The molecule has 0 bridgehead atoms. The molecule has 3 nitrogen and oxygen atoms in total. The third-order valence-electron chi connectivity index (χ3n) is 5.37. The second-order valence-electron chi connectivity index (χ2n) is 9.73. The van der Waals surface area contributed by atoms with Crippen LogP contribution >= 0.6 is 0 Å². The van der Waals surface area contributed by atoms with Crippen LogP contribution < -0.4 is 9.64 Å². The smallest absolute Gasteiger partial charge is 0.150 e. The molecule has 0 saturated carbocycles. The molecular weight excluding hydrogens is 358 g/mol. The van der Waals surface area contributed by atoms with Gasteiger partial charge in [-0.05, 0) is 72.6 Å². The van der Waals surface area contributed by atoms with Crippen molar-refractivity contribution in [1.82, 2.24) is 0 Å². The molecule has 0 heterocycles. The number of carbonyl (C=O) groups is 1. The minimum absolute atomic E-state index is 0.140. The number of carbonyl (C=O) groups excluding carboxylic acids is 1. The van der Waals surface area contributed by atoms with Crippen LogP contribution in [0.15, 0.2) is 42.5 Å². The average Bonchev–Trinajstić information content (AvgIpc) is 2.64. The molecule has 2 aromatic carbocycles. The number of hydrogen-bond acceptors (Lipinski definition) is 3. The van der Waals surface area contributed by atoms with Crippen molar-refractivity contribution >= 4 is 12.0 Å². The van der Waals surface area contributed by atoms with Gasteiger partial charge in [0, 0.05) is 17.8 Å². The minimum Gasteiger partial charge on any atom is -0.492 e. The monoisotopic (exact) mass is 395 g/mol. The molecule has 0 N–H and O–H groups in total. The van der Waals surface area contributed by atoms with E-state index in [9.17, 15) is 4.79 Å². The average molecular weight is 396 g/mol. The minimum atomic E-state index is 0.140. The first-order chi connectivity index (χ1) is 13.6. The number of anilines is 1. The van der Waals surface area contributed by atoms with Crippen molar-refractivity contribution in [2.24, 2.45) is 5.41 Å². The largest absolute Gasteiger partial charge is 0.492 e. The Bertz CT molecular complexity index is 800. The molecule has 0 aromatic heterocycles. The standard InChI is InChI=1S/C26H37NO2/c1-8-27(23-12-9-21(18-28)20(2)17-23)15-16-29-24-13-10-22(11-14-24)26(6,7)19-25(3,4)5/h9-14,17-18H,8,15-16,19H2,1-7H3. The van der Waals surface area contributed by atoms with Gasteiger partial charge in [0.2, 0.25) is 0 Å². The van der Waals surface area contributed by atoms with Crippen molar-refractivity contribution in [3.8, 4) is 5.75 Å². The van der Waals surface area contributed by atoms with Crippen molar-refractivity contribution in [2.45, 2.75) is 60.3 Å². The highest BCUT2D eigenvalue weighted by atomic mass is 16.5. The van der Waals surface area contributed by atoms with Gasteiger partial charge in [0.05, 0.1) is 6.54 Å². The first-order valence-electron chi connectivity index (χ1n) is 10.6. The lowest BCUT2D eigenvalue weighted by atomic mass is 9.72. The summed E-state index contributed by atoms with van der Waals surface area (Å²) in [5.74, 6) is 0.906. The molecule has 2 rings (SSSR count). The molecule has 0 spiro atoms. The fourth-order valence-electron chi connectivity index (χ4n) is 4.16. The van der Waals surface area contributed by atoms with Crippen LogP contribution in [0.3, 0.4) is 0 Å². The fourth-order valence-corrected chi connectivity index (χ4v) is 4.16. The van der Waals surface area contributed by atoms with E-state index >= 15 is 0 Å². The summed E-state index contributed by atoms with van der Waals surface area (Å²) >= 11 is 0. The van der Waals surface area contributed by atoms with Gasteiger partial charge in [-0.15, -0.1) is 0 Å². The maximum absolute atomic E-state index is 11.0. The van der Waals surface area contributed by atoms with Crippen molar-refractivity contribution in [1.29, 1.82) is 0 Å². The Balaban J connectivity index is 1.95. The van der Waals surface area contributed by atoms with Crippen LogP contribution in [0.4, 0.5) is 5.69 Å². The van der Waals surface area contributed by atoms with Crippen molar-refractivity contribution in [2.75, 3.05) is 24.6 Å². The summed E-state index contributed by atoms with van der Waals surface area (Å²) in [7, 11) is 0. The molecule has 0 aliphatic heterocycles. The lowest BCUT2D eigenvalue weighted by molar-refractivity contribution is 0.112. The van der Waals surface area contributed by atoms with Crippen LogP contribution in [0.1, 0.15) is 69.4 Å². The van der Waals surface area contributed by atoms with E-state index in [2.05, 4.69) is 76.8 Å². The Morgan fingerprint density at radius 1 is 1.00 bits per heavy atom. The van der Waals surface area contributed by atoms with Crippen LogP contribution in [0, 0.1) is 12.3 Å². The number of benzene rings is 2. The summed E-state index contributed by atoms with van der Waals surface area (Å²) in [5, 5.41) is 0. The lowest BCUT2D eigenvalue weighted by Crippen LogP contribution is -2.28. The number of aldehydes is 1.